The van der Waals surface area contributed by atoms with Crippen LogP contribution in [0, 0.1) is 0 Å². The molecule has 3 N–H and O–H groups in total. The number of aliphatic hydroxyl groups is 1. The molecular weight excluding hydrogens is 286 g/mol. The van der Waals surface area contributed by atoms with E-state index in [0.29, 0.717) is 6.42 Å². The zero-order chi connectivity index (χ0) is 15.9. The first-order valence-electron chi connectivity index (χ1n) is 7.15. The van der Waals surface area contributed by atoms with Crippen molar-refractivity contribution in [2.45, 2.75) is 18.9 Å². The summed E-state index contributed by atoms with van der Waals surface area (Å²) < 4.78 is 0. The third kappa shape index (κ3) is 4.05. The Bertz CT molecular complexity index is 547. The van der Waals surface area contributed by atoms with Crippen molar-refractivity contribution in [3.05, 3.63) is 35.9 Å². The summed E-state index contributed by atoms with van der Waals surface area (Å²) >= 11 is 0. The Morgan fingerprint density at radius 1 is 1.27 bits per heavy atom. The summed E-state index contributed by atoms with van der Waals surface area (Å²) in [6, 6.07) is 8.25. The van der Waals surface area contributed by atoms with Crippen LogP contribution in [-0.2, 0) is 16.0 Å². The topological polar surface area (TPSA) is 98.7 Å². The van der Waals surface area contributed by atoms with Crippen LogP contribution in [-0.4, -0.2) is 53.6 Å². The lowest BCUT2D eigenvalue weighted by atomic mass is 10.1. The number of nitrogens with zero attached hydrogens (tertiary/aromatic N) is 1. The van der Waals surface area contributed by atoms with E-state index < -0.39 is 12.1 Å². The van der Waals surface area contributed by atoms with Gasteiger partial charge in [0.05, 0.1) is 13.0 Å². The molecule has 0 saturated carbocycles. The number of amides is 4. The molecule has 1 aromatic rings. The average Bonchev–Trinajstić information content (AvgIpc) is 2.78. The number of hydrogen-bond donors (Lipinski definition) is 3. The molecule has 4 amide bonds. The lowest BCUT2D eigenvalue weighted by Crippen LogP contribution is -2.37. The fourth-order valence-corrected chi connectivity index (χ4v) is 2.27. The molecule has 1 aliphatic rings. The molecule has 1 atom stereocenters. The van der Waals surface area contributed by atoms with Crippen molar-refractivity contribution in [2.75, 3.05) is 19.7 Å². The second kappa shape index (κ2) is 7.56. The highest BCUT2D eigenvalue weighted by molar-refractivity contribution is 6.05. The molecule has 1 aromatic carbocycles. The third-order valence-corrected chi connectivity index (χ3v) is 3.40. The zero-order valence-electron chi connectivity index (χ0n) is 12.1. The number of carbonyl (C=O) groups is 3. The van der Waals surface area contributed by atoms with Gasteiger partial charge in [-0.05, 0) is 12.0 Å². The molecule has 1 heterocycles. The van der Waals surface area contributed by atoms with E-state index in [1.807, 2.05) is 30.3 Å². The number of nitrogens with one attached hydrogen (secondary N) is 2. The van der Waals surface area contributed by atoms with Crippen LogP contribution in [0.4, 0.5) is 4.79 Å². The van der Waals surface area contributed by atoms with Crippen molar-refractivity contribution in [3.8, 4) is 0 Å². The van der Waals surface area contributed by atoms with Gasteiger partial charge < -0.3 is 15.7 Å². The highest BCUT2D eigenvalue weighted by Crippen LogP contribution is 2.11. The van der Waals surface area contributed by atoms with E-state index in [2.05, 4.69) is 10.6 Å². The molecule has 0 aromatic heterocycles. The molecule has 0 radical (unpaired) electrons. The number of aliphatic hydroxyl groups excluding tert-OH is 1. The van der Waals surface area contributed by atoms with E-state index in [0.717, 1.165) is 10.5 Å². The summed E-state index contributed by atoms with van der Waals surface area (Å²) in [5, 5.41) is 13.6. The van der Waals surface area contributed by atoms with Crippen LogP contribution < -0.4 is 10.6 Å². The van der Waals surface area contributed by atoms with Crippen LogP contribution >= 0.6 is 0 Å². The highest BCUT2D eigenvalue weighted by atomic mass is 16.3. The Kier molecular flexibility index (Phi) is 5.48. The summed E-state index contributed by atoms with van der Waals surface area (Å²) in [6.07, 6.45) is 0.454. The fraction of sp³-hybridized carbons (Fsp3) is 0.400. The molecule has 1 fully saturated rings. The number of imide groups is 1. The van der Waals surface area contributed by atoms with E-state index in [4.69, 9.17) is 5.11 Å². The molecule has 7 nitrogen and oxygen atoms in total. The van der Waals surface area contributed by atoms with E-state index in [9.17, 15) is 14.4 Å². The summed E-state index contributed by atoms with van der Waals surface area (Å²) in [7, 11) is 0. The zero-order valence-corrected chi connectivity index (χ0v) is 12.1. The summed E-state index contributed by atoms with van der Waals surface area (Å²) in [4.78, 5) is 36.7. The van der Waals surface area contributed by atoms with Crippen LogP contribution in [0.5, 0.6) is 0 Å². The smallest absolute Gasteiger partial charge is 0.324 e. The quantitative estimate of drug-likeness (QED) is 0.600. The van der Waals surface area contributed by atoms with Gasteiger partial charge in [0.25, 0.3) is 5.91 Å². The van der Waals surface area contributed by atoms with E-state index in [1.165, 1.54) is 0 Å². The molecule has 0 unspecified atom stereocenters. The van der Waals surface area contributed by atoms with E-state index in [-0.39, 0.29) is 37.9 Å². The minimum atomic E-state index is -0.832. The normalized spacial score (nSPS) is 17.5. The van der Waals surface area contributed by atoms with Crippen LogP contribution in [0.15, 0.2) is 30.3 Å². The molecule has 2 rings (SSSR count). The minimum absolute atomic E-state index is 0.119. The van der Waals surface area contributed by atoms with Gasteiger partial charge in [0.15, 0.2) is 0 Å². The SMILES string of the molecule is O=C(C[C@H]1NC(=O)N(CCc2ccccc2)C1=O)NCCO. The lowest BCUT2D eigenvalue weighted by Gasteiger charge is -2.13. The second-order valence-corrected chi connectivity index (χ2v) is 5.01. The Morgan fingerprint density at radius 3 is 2.68 bits per heavy atom. The van der Waals surface area contributed by atoms with Crippen LogP contribution in [0.2, 0.25) is 0 Å². The molecule has 0 aliphatic carbocycles. The van der Waals surface area contributed by atoms with Gasteiger partial charge in [0, 0.05) is 13.1 Å². The maximum absolute atomic E-state index is 12.2. The second-order valence-electron chi connectivity index (χ2n) is 5.01. The Hall–Kier alpha value is -2.41. The lowest BCUT2D eigenvalue weighted by molar-refractivity contribution is -0.130. The van der Waals surface area contributed by atoms with Gasteiger partial charge in [-0.15, -0.1) is 0 Å². The number of carbonyl (C=O) groups excluding carboxylic acids is 3. The molecule has 0 bridgehead atoms. The number of hydrogen-bond acceptors (Lipinski definition) is 4. The highest BCUT2D eigenvalue weighted by Gasteiger charge is 2.38. The number of benzene rings is 1. The molecule has 1 aliphatic heterocycles. The maximum atomic E-state index is 12.2. The fourth-order valence-electron chi connectivity index (χ4n) is 2.27. The summed E-state index contributed by atoms with van der Waals surface area (Å²) in [6.45, 7) is 0.245. The van der Waals surface area contributed by atoms with Crippen LogP contribution in [0.1, 0.15) is 12.0 Å². The Labute approximate surface area is 128 Å². The summed E-state index contributed by atoms with van der Waals surface area (Å²) in [5.41, 5.74) is 1.03. The maximum Gasteiger partial charge on any atom is 0.324 e. The molecule has 118 valence electrons. The Morgan fingerprint density at radius 2 is 2.00 bits per heavy atom. The molecule has 7 heteroatoms. The third-order valence-electron chi connectivity index (χ3n) is 3.40. The van der Waals surface area contributed by atoms with Crippen LogP contribution in [0.3, 0.4) is 0 Å². The van der Waals surface area contributed by atoms with Crippen molar-refractivity contribution < 1.29 is 19.5 Å². The van der Waals surface area contributed by atoms with Crippen molar-refractivity contribution in [1.82, 2.24) is 15.5 Å². The molecule has 22 heavy (non-hydrogen) atoms. The molecule has 1 saturated heterocycles. The first-order chi connectivity index (χ1) is 10.6. The van der Waals surface area contributed by atoms with Crippen molar-refractivity contribution >= 4 is 17.8 Å². The Balaban J connectivity index is 1.87. The number of urea groups is 1. The monoisotopic (exact) mass is 305 g/mol. The summed E-state index contributed by atoms with van der Waals surface area (Å²) in [5.74, 6) is -0.766. The molecule has 0 spiro atoms. The van der Waals surface area contributed by atoms with Gasteiger partial charge in [-0.1, -0.05) is 30.3 Å². The first-order valence-corrected chi connectivity index (χ1v) is 7.15. The average molecular weight is 305 g/mol. The van der Waals surface area contributed by atoms with Crippen molar-refractivity contribution in [3.63, 3.8) is 0 Å². The van der Waals surface area contributed by atoms with E-state index >= 15 is 0 Å². The van der Waals surface area contributed by atoms with E-state index in [1.54, 1.807) is 0 Å². The predicted octanol–water partition coefficient (Wildman–Crippen LogP) is -0.352. The van der Waals surface area contributed by atoms with Gasteiger partial charge >= 0.3 is 6.03 Å². The minimum Gasteiger partial charge on any atom is -0.395 e. The number of rotatable bonds is 7. The van der Waals surface area contributed by atoms with Gasteiger partial charge in [0.2, 0.25) is 5.91 Å². The van der Waals surface area contributed by atoms with Gasteiger partial charge in [0.1, 0.15) is 6.04 Å². The van der Waals surface area contributed by atoms with Crippen LogP contribution in [0.25, 0.3) is 0 Å². The standard InChI is InChI=1S/C15H19N3O4/c19-9-7-16-13(20)10-12-14(21)18(15(22)17-12)8-6-11-4-2-1-3-5-11/h1-5,12,19H,6-10H2,(H,16,20)(H,17,22)/t12-/m1/s1. The molecular formula is C15H19N3O4. The largest absolute Gasteiger partial charge is 0.395 e. The van der Waals surface area contributed by atoms with Gasteiger partial charge in [-0.3, -0.25) is 14.5 Å². The van der Waals surface area contributed by atoms with Crippen molar-refractivity contribution in [2.24, 2.45) is 0 Å². The predicted molar refractivity (Wildman–Crippen MR) is 78.9 cm³/mol. The van der Waals surface area contributed by atoms with Gasteiger partial charge in [-0.2, -0.15) is 0 Å². The van der Waals surface area contributed by atoms with Gasteiger partial charge in [-0.25, -0.2) is 4.79 Å². The van der Waals surface area contributed by atoms with Crippen molar-refractivity contribution in [1.29, 1.82) is 0 Å². The first kappa shape index (κ1) is 16.0.